The molecule has 3 rings (SSSR count). The summed E-state index contributed by atoms with van der Waals surface area (Å²) in [5, 5.41) is 7.30. The minimum Gasteiger partial charge on any atom is -0.377 e. The highest BCUT2D eigenvalue weighted by Gasteiger charge is 2.47. The maximum atomic E-state index is 5.17. The van der Waals surface area contributed by atoms with Gasteiger partial charge in [0, 0.05) is 13.2 Å². The molecule has 3 atom stereocenters. The van der Waals surface area contributed by atoms with Crippen LogP contribution in [-0.2, 0) is 11.3 Å². The molecular weight excluding hydrogens is 182 g/mol. The van der Waals surface area contributed by atoms with Crippen LogP contribution in [0.4, 0.5) is 0 Å². The second-order valence-electron chi connectivity index (χ2n) is 4.04. The van der Waals surface area contributed by atoms with Gasteiger partial charge in [-0.05, 0) is 18.8 Å². The van der Waals surface area contributed by atoms with Crippen LogP contribution < -0.4 is 5.32 Å². The number of nitrogens with one attached hydrogen (secondary N) is 1. The first kappa shape index (κ1) is 8.38. The number of piperidine rings is 1. The molecule has 0 unspecified atom stereocenters. The van der Waals surface area contributed by atoms with Crippen molar-refractivity contribution in [2.24, 2.45) is 5.92 Å². The fourth-order valence-electron chi connectivity index (χ4n) is 2.11. The zero-order valence-corrected chi connectivity index (χ0v) is 8.06. The Morgan fingerprint density at radius 1 is 1.57 bits per heavy atom. The maximum absolute atomic E-state index is 5.17. The molecular formula is C9H13N3O2. The third-order valence-electron chi connectivity index (χ3n) is 2.93. The van der Waals surface area contributed by atoms with Crippen molar-refractivity contribution in [3.63, 3.8) is 0 Å². The first-order chi connectivity index (χ1) is 6.86. The average Bonchev–Trinajstić information content (AvgIpc) is 2.68. The number of rotatable bonds is 3. The standard InChI is InChI=1S/C9H13N3O2/c1-13-4-8-11-9(14-12-8)7-3-5-2-6(5)10-7/h5-7,10H,2-4H2,1H3/t5-,6-,7+/m1/s1. The Hall–Kier alpha value is -0.940. The molecule has 1 saturated heterocycles. The SMILES string of the molecule is COCc1noc([C@@H]2C[C@H]3C[C@H]3N2)n1. The van der Waals surface area contributed by atoms with E-state index in [1.807, 2.05) is 0 Å². The monoisotopic (exact) mass is 195 g/mol. The van der Waals surface area contributed by atoms with Gasteiger partial charge in [0.05, 0.1) is 6.04 Å². The summed E-state index contributed by atoms with van der Waals surface area (Å²) in [5.41, 5.74) is 0. The lowest BCUT2D eigenvalue weighted by molar-refractivity contribution is 0.174. The van der Waals surface area contributed by atoms with E-state index < -0.39 is 0 Å². The van der Waals surface area contributed by atoms with Crippen molar-refractivity contribution in [2.45, 2.75) is 31.5 Å². The van der Waals surface area contributed by atoms with Crippen molar-refractivity contribution < 1.29 is 9.26 Å². The molecule has 0 spiro atoms. The van der Waals surface area contributed by atoms with Crippen LogP contribution in [0.25, 0.3) is 0 Å². The predicted molar refractivity (Wildman–Crippen MR) is 47.4 cm³/mol. The lowest BCUT2D eigenvalue weighted by atomic mass is 10.2. The summed E-state index contributed by atoms with van der Waals surface area (Å²) < 4.78 is 10.1. The molecule has 14 heavy (non-hydrogen) atoms. The van der Waals surface area contributed by atoms with Crippen molar-refractivity contribution in [1.29, 1.82) is 0 Å². The van der Waals surface area contributed by atoms with E-state index in [2.05, 4.69) is 15.5 Å². The zero-order chi connectivity index (χ0) is 9.54. The van der Waals surface area contributed by atoms with Crippen LogP contribution in [0.2, 0.25) is 0 Å². The quantitative estimate of drug-likeness (QED) is 0.766. The molecule has 1 aromatic heterocycles. The zero-order valence-electron chi connectivity index (χ0n) is 8.06. The molecule has 2 aliphatic rings. The molecule has 0 amide bonds. The molecule has 0 aromatic carbocycles. The predicted octanol–water partition coefficient (Wildman–Crippen LogP) is 0.639. The Labute approximate surface area is 81.8 Å². The van der Waals surface area contributed by atoms with Gasteiger partial charge in [-0.3, -0.25) is 0 Å². The summed E-state index contributed by atoms with van der Waals surface area (Å²) in [6.07, 6.45) is 2.45. The molecule has 1 aliphatic heterocycles. The number of ether oxygens (including phenoxy) is 1. The molecule has 1 aliphatic carbocycles. The summed E-state index contributed by atoms with van der Waals surface area (Å²) >= 11 is 0. The van der Waals surface area contributed by atoms with Gasteiger partial charge in [-0.25, -0.2) is 0 Å². The highest BCUT2D eigenvalue weighted by atomic mass is 16.5. The van der Waals surface area contributed by atoms with E-state index in [9.17, 15) is 0 Å². The molecule has 0 radical (unpaired) electrons. The molecule has 5 nitrogen and oxygen atoms in total. The number of nitrogens with zero attached hydrogens (tertiary/aromatic N) is 2. The summed E-state index contributed by atoms with van der Waals surface area (Å²) in [6, 6.07) is 0.981. The van der Waals surface area contributed by atoms with Gasteiger partial charge in [-0.15, -0.1) is 0 Å². The molecule has 5 heteroatoms. The minimum absolute atomic E-state index is 0.275. The van der Waals surface area contributed by atoms with Gasteiger partial charge in [0.15, 0.2) is 5.82 Å². The summed E-state index contributed by atoms with van der Waals surface area (Å²) in [5.74, 6) is 2.19. The van der Waals surface area contributed by atoms with E-state index in [0.717, 1.165) is 12.3 Å². The molecule has 0 bridgehead atoms. The van der Waals surface area contributed by atoms with Crippen molar-refractivity contribution >= 4 is 0 Å². The number of methoxy groups -OCH3 is 1. The first-order valence-corrected chi connectivity index (χ1v) is 4.94. The number of aromatic nitrogens is 2. The van der Waals surface area contributed by atoms with Crippen LogP contribution in [0, 0.1) is 5.92 Å². The molecule has 1 saturated carbocycles. The molecule has 2 heterocycles. The third-order valence-corrected chi connectivity index (χ3v) is 2.93. The van der Waals surface area contributed by atoms with E-state index in [0.29, 0.717) is 24.4 Å². The summed E-state index contributed by atoms with van der Waals surface area (Å²) in [7, 11) is 1.62. The highest BCUT2D eigenvalue weighted by molar-refractivity contribution is 5.08. The van der Waals surface area contributed by atoms with Gasteiger partial charge in [0.25, 0.3) is 0 Å². The average molecular weight is 195 g/mol. The van der Waals surface area contributed by atoms with Crippen LogP contribution in [0.15, 0.2) is 4.52 Å². The van der Waals surface area contributed by atoms with Crippen LogP contribution >= 0.6 is 0 Å². The Morgan fingerprint density at radius 3 is 3.21 bits per heavy atom. The van der Waals surface area contributed by atoms with E-state index in [1.165, 1.54) is 6.42 Å². The minimum atomic E-state index is 0.275. The van der Waals surface area contributed by atoms with Crippen LogP contribution in [-0.4, -0.2) is 23.3 Å². The Morgan fingerprint density at radius 2 is 2.50 bits per heavy atom. The van der Waals surface area contributed by atoms with Gasteiger partial charge in [-0.2, -0.15) is 4.98 Å². The topological polar surface area (TPSA) is 60.2 Å². The highest BCUT2D eigenvalue weighted by Crippen LogP contribution is 2.45. The Kier molecular flexibility index (Phi) is 1.81. The first-order valence-electron chi connectivity index (χ1n) is 4.94. The largest absolute Gasteiger partial charge is 0.377 e. The molecule has 1 aromatic rings. The number of fused-ring (bicyclic) bond motifs is 1. The normalized spacial score (nSPS) is 34.5. The fraction of sp³-hybridized carbons (Fsp3) is 0.778. The Bertz CT molecular complexity index is 329. The van der Waals surface area contributed by atoms with Crippen LogP contribution in [0.1, 0.15) is 30.6 Å². The molecule has 1 N–H and O–H groups in total. The van der Waals surface area contributed by atoms with Crippen molar-refractivity contribution in [3.05, 3.63) is 11.7 Å². The number of hydrogen-bond acceptors (Lipinski definition) is 5. The van der Waals surface area contributed by atoms with Gasteiger partial charge in [-0.1, -0.05) is 5.16 Å². The van der Waals surface area contributed by atoms with E-state index in [-0.39, 0.29) is 6.04 Å². The maximum Gasteiger partial charge on any atom is 0.243 e. The van der Waals surface area contributed by atoms with Gasteiger partial charge in [0.2, 0.25) is 5.89 Å². The van der Waals surface area contributed by atoms with Crippen LogP contribution in [0.5, 0.6) is 0 Å². The second-order valence-corrected chi connectivity index (χ2v) is 4.04. The van der Waals surface area contributed by atoms with Gasteiger partial charge in [0.1, 0.15) is 6.61 Å². The lowest BCUT2D eigenvalue weighted by Gasteiger charge is -2.05. The van der Waals surface area contributed by atoms with Crippen LogP contribution in [0.3, 0.4) is 0 Å². The van der Waals surface area contributed by atoms with E-state index in [1.54, 1.807) is 7.11 Å². The van der Waals surface area contributed by atoms with Gasteiger partial charge >= 0.3 is 0 Å². The number of hydrogen-bond donors (Lipinski definition) is 1. The fourth-order valence-corrected chi connectivity index (χ4v) is 2.11. The molecule has 76 valence electrons. The summed E-state index contributed by atoms with van der Waals surface area (Å²) in [4.78, 5) is 4.27. The van der Waals surface area contributed by atoms with E-state index >= 15 is 0 Å². The van der Waals surface area contributed by atoms with E-state index in [4.69, 9.17) is 9.26 Å². The second kappa shape index (κ2) is 3.03. The van der Waals surface area contributed by atoms with Crippen molar-refractivity contribution in [2.75, 3.05) is 7.11 Å². The third kappa shape index (κ3) is 1.33. The molecule has 2 fully saturated rings. The Balaban J connectivity index is 1.70. The smallest absolute Gasteiger partial charge is 0.243 e. The van der Waals surface area contributed by atoms with Gasteiger partial charge < -0.3 is 14.6 Å². The summed E-state index contributed by atoms with van der Waals surface area (Å²) in [6.45, 7) is 0.420. The van der Waals surface area contributed by atoms with Crippen molar-refractivity contribution in [1.82, 2.24) is 15.5 Å². The lowest BCUT2D eigenvalue weighted by Crippen LogP contribution is -2.18. The van der Waals surface area contributed by atoms with Crippen molar-refractivity contribution in [3.8, 4) is 0 Å².